The molecule has 0 aliphatic carbocycles. The number of amides is 1. The van der Waals surface area contributed by atoms with Crippen molar-refractivity contribution in [2.75, 3.05) is 0 Å². The lowest BCUT2D eigenvalue weighted by Crippen LogP contribution is -2.54. The number of carboxylic acids is 1. The second-order valence-corrected chi connectivity index (χ2v) is 12.8. The second-order valence-electron chi connectivity index (χ2n) is 8.05. The average Bonchev–Trinajstić information content (AvgIpc) is 2.20. The van der Waals surface area contributed by atoms with Gasteiger partial charge in [0.15, 0.2) is 14.4 Å². The van der Waals surface area contributed by atoms with E-state index in [1.54, 1.807) is 27.7 Å². The van der Waals surface area contributed by atoms with Crippen molar-refractivity contribution in [3.8, 4) is 0 Å². The van der Waals surface area contributed by atoms with Crippen molar-refractivity contribution in [3.63, 3.8) is 0 Å². The van der Waals surface area contributed by atoms with Crippen molar-refractivity contribution in [3.05, 3.63) is 0 Å². The number of carbonyl (C=O) groups excluding carboxylic acids is 1. The van der Waals surface area contributed by atoms with Crippen LogP contribution in [-0.2, 0) is 14.0 Å². The van der Waals surface area contributed by atoms with Crippen LogP contribution in [0.1, 0.15) is 48.5 Å². The van der Waals surface area contributed by atoms with E-state index in [2.05, 4.69) is 26.1 Å². The van der Waals surface area contributed by atoms with Gasteiger partial charge in [-0.25, -0.2) is 9.59 Å². The van der Waals surface area contributed by atoms with Crippen LogP contribution in [0.3, 0.4) is 0 Å². The van der Waals surface area contributed by atoms with Gasteiger partial charge in [0, 0.05) is 0 Å². The molecule has 7 heteroatoms. The number of hydrogen-bond acceptors (Lipinski definition) is 4. The van der Waals surface area contributed by atoms with Crippen molar-refractivity contribution in [2.24, 2.45) is 0 Å². The highest BCUT2D eigenvalue weighted by Crippen LogP contribution is 2.37. The molecule has 0 spiro atoms. The SMILES string of the molecule is C[C@H](O[Si](C)(C)C(C)(C)C)[C@H](NC(=O)OC(C)(C)C)C(=O)O. The van der Waals surface area contributed by atoms with Gasteiger partial charge in [-0.15, -0.1) is 0 Å². The van der Waals surface area contributed by atoms with Crippen LogP contribution in [0, 0.1) is 0 Å². The van der Waals surface area contributed by atoms with Gasteiger partial charge < -0.3 is 19.6 Å². The lowest BCUT2D eigenvalue weighted by atomic mass is 10.2. The Hall–Kier alpha value is -1.08. The molecule has 0 saturated heterocycles. The maximum absolute atomic E-state index is 11.8. The maximum Gasteiger partial charge on any atom is 0.408 e. The van der Waals surface area contributed by atoms with Crippen molar-refractivity contribution in [2.45, 2.75) is 84.3 Å². The van der Waals surface area contributed by atoms with E-state index in [0.717, 1.165) is 0 Å². The summed E-state index contributed by atoms with van der Waals surface area (Å²) >= 11 is 0. The topological polar surface area (TPSA) is 84.9 Å². The van der Waals surface area contributed by atoms with E-state index in [9.17, 15) is 14.7 Å². The Balaban J connectivity index is 4.97. The molecule has 0 aromatic heterocycles. The molecule has 0 unspecified atom stereocenters. The number of alkyl carbamates (subject to hydrolysis) is 1. The molecule has 0 aliphatic rings. The summed E-state index contributed by atoms with van der Waals surface area (Å²) in [6, 6.07) is -1.15. The third-order valence-electron chi connectivity index (χ3n) is 3.69. The van der Waals surface area contributed by atoms with Crippen LogP contribution in [0.2, 0.25) is 18.1 Å². The first kappa shape index (κ1) is 20.9. The minimum absolute atomic E-state index is 0.0454. The van der Waals surface area contributed by atoms with Crippen molar-refractivity contribution in [1.82, 2.24) is 5.32 Å². The molecule has 0 aliphatic heterocycles. The Morgan fingerprint density at radius 2 is 1.55 bits per heavy atom. The zero-order valence-electron chi connectivity index (χ0n) is 15.2. The number of ether oxygens (including phenoxy) is 1. The summed E-state index contributed by atoms with van der Waals surface area (Å²) in [5.41, 5.74) is -0.684. The van der Waals surface area contributed by atoms with Gasteiger partial charge in [0.1, 0.15) is 5.60 Å². The average molecular weight is 334 g/mol. The van der Waals surface area contributed by atoms with Crippen LogP contribution >= 0.6 is 0 Å². The Bertz CT molecular complexity index is 409. The minimum Gasteiger partial charge on any atom is -0.480 e. The first-order valence-corrected chi connectivity index (χ1v) is 10.4. The van der Waals surface area contributed by atoms with Gasteiger partial charge in [-0.05, 0) is 45.8 Å². The fourth-order valence-electron chi connectivity index (χ4n) is 1.52. The van der Waals surface area contributed by atoms with Crippen molar-refractivity contribution >= 4 is 20.4 Å². The molecule has 0 aromatic carbocycles. The minimum atomic E-state index is -2.13. The Labute approximate surface area is 134 Å². The highest BCUT2D eigenvalue weighted by Gasteiger charge is 2.41. The lowest BCUT2D eigenvalue weighted by Gasteiger charge is -2.39. The summed E-state index contributed by atoms with van der Waals surface area (Å²) in [4.78, 5) is 23.2. The predicted molar refractivity (Wildman–Crippen MR) is 88.5 cm³/mol. The summed E-state index contributed by atoms with van der Waals surface area (Å²) in [7, 11) is -2.13. The number of carbonyl (C=O) groups is 2. The summed E-state index contributed by atoms with van der Waals surface area (Å²) in [6.07, 6.45) is -1.41. The largest absolute Gasteiger partial charge is 0.480 e. The number of nitrogens with one attached hydrogen (secondary N) is 1. The van der Waals surface area contributed by atoms with Crippen LogP contribution in [0.5, 0.6) is 0 Å². The molecule has 0 bridgehead atoms. The monoisotopic (exact) mass is 333 g/mol. The predicted octanol–water partition coefficient (Wildman–Crippen LogP) is 3.37. The van der Waals surface area contributed by atoms with Gasteiger partial charge in [0.2, 0.25) is 0 Å². The van der Waals surface area contributed by atoms with Crippen LogP contribution in [0.15, 0.2) is 0 Å². The summed E-state index contributed by atoms with van der Waals surface area (Å²) in [5.74, 6) is -1.14. The summed E-state index contributed by atoms with van der Waals surface area (Å²) in [5, 5.41) is 11.7. The van der Waals surface area contributed by atoms with Crippen molar-refractivity contribution in [1.29, 1.82) is 0 Å². The molecule has 1 amide bonds. The summed E-state index contributed by atoms with van der Waals surface area (Å²) in [6.45, 7) is 17.1. The third kappa shape index (κ3) is 6.78. The number of rotatable bonds is 5. The standard InChI is InChI=1S/C15H31NO5Si/c1-10(21-22(8,9)15(5,6)7)11(12(17)18)16-13(19)20-14(2,3)4/h10-11H,1-9H3,(H,16,19)(H,17,18)/t10-,11-/m0/s1. The second kappa shape index (κ2) is 7.00. The van der Waals surface area contributed by atoms with Gasteiger partial charge in [0.05, 0.1) is 6.10 Å². The van der Waals surface area contributed by atoms with E-state index >= 15 is 0 Å². The van der Waals surface area contributed by atoms with Crippen LogP contribution in [0.4, 0.5) is 4.79 Å². The Kier molecular flexibility index (Phi) is 6.65. The molecule has 0 rings (SSSR count). The molecule has 130 valence electrons. The van der Waals surface area contributed by atoms with Crippen LogP contribution in [0.25, 0.3) is 0 Å². The molecule has 22 heavy (non-hydrogen) atoms. The van der Waals surface area contributed by atoms with Crippen LogP contribution < -0.4 is 5.32 Å². The molecule has 0 heterocycles. The van der Waals surface area contributed by atoms with Gasteiger partial charge in [-0.2, -0.15) is 0 Å². The lowest BCUT2D eigenvalue weighted by molar-refractivity contribution is -0.141. The first-order valence-electron chi connectivity index (χ1n) is 7.47. The molecule has 2 N–H and O–H groups in total. The zero-order chi connectivity index (χ0) is 17.9. The van der Waals surface area contributed by atoms with E-state index in [1.807, 2.05) is 13.1 Å². The molecular formula is C15H31NO5Si. The maximum atomic E-state index is 11.8. The fraction of sp³-hybridized carbons (Fsp3) is 0.867. The third-order valence-corrected chi connectivity index (χ3v) is 8.27. The smallest absolute Gasteiger partial charge is 0.408 e. The molecule has 0 radical (unpaired) electrons. The molecule has 0 fully saturated rings. The van der Waals surface area contributed by atoms with Gasteiger partial charge >= 0.3 is 12.1 Å². The highest BCUT2D eigenvalue weighted by molar-refractivity contribution is 6.74. The Morgan fingerprint density at radius 3 is 1.86 bits per heavy atom. The zero-order valence-corrected chi connectivity index (χ0v) is 16.2. The quantitative estimate of drug-likeness (QED) is 0.753. The van der Waals surface area contributed by atoms with Crippen molar-refractivity contribution < 1.29 is 23.9 Å². The van der Waals surface area contributed by atoms with E-state index in [0.29, 0.717) is 0 Å². The van der Waals surface area contributed by atoms with E-state index in [-0.39, 0.29) is 5.04 Å². The number of hydrogen-bond donors (Lipinski definition) is 2. The van der Waals surface area contributed by atoms with E-state index in [4.69, 9.17) is 9.16 Å². The number of carboxylic acid groups (broad SMARTS) is 1. The molecule has 6 nitrogen and oxygen atoms in total. The van der Waals surface area contributed by atoms with Gasteiger partial charge in [0.25, 0.3) is 0 Å². The Morgan fingerprint density at radius 1 is 1.09 bits per heavy atom. The van der Waals surface area contributed by atoms with Crippen LogP contribution in [-0.4, -0.2) is 43.2 Å². The molecule has 0 saturated carbocycles. The van der Waals surface area contributed by atoms with Gasteiger partial charge in [-0.1, -0.05) is 20.8 Å². The molecule has 0 aromatic rings. The molecular weight excluding hydrogens is 302 g/mol. The first-order chi connectivity index (χ1) is 9.57. The summed E-state index contributed by atoms with van der Waals surface area (Å²) < 4.78 is 11.2. The van der Waals surface area contributed by atoms with Gasteiger partial charge in [-0.3, -0.25) is 0 Å². The highest BCUT2D eigenvalue weighted by atomic mass is 28.4. The van der Waals surface area contributed by atoms with E-state index in [1.165, 1.54) is 0 Å². The fourth-order valence-corrected chi connectivity index (χ4v) is 2.94. The number of aliphatic carboxylic acids is 1. The molecule has 2 atom stereocenters. The normalized spacial score (nSPS) is 15.9. The van der Waals surface area contributed by atoms with E-state index < -0.39 is 38.1 Å².